The van der Waals surface area contributed by atoms with E-state index in [0.717, 1.165) is 36.1 Å². The third-order valence-electron chi connectivity index (χ3n) is 4.91. The van der Waals surface area contributed by atoms with Crippen LogP contribution in [-0.2, 0) is 19.3 Å². The molecule has 0 heterocycles. The van der Waals surface area contributed by atoms with Gasteiger partial charge in [0.2, 0.25) is 0 Å². The summed E-state index contributed by atoms with van der Waals surface area (Å²) in [6.07, 6.45) is 2.73. The van der Waals surface area contributed by atoms with Crippen molar-refractivity contribution >= 4 is 51.3 Å². The number of aliphatic imine (C=N–C) groups is 2. The molecule has 0 saturated carbocycles. The Morgan fingerprint density at radius 1 is 0.861 bits per heavy atom. The number of halogens is 2. The molecule has 0 spiro atoms. The fourth-order valence-electron chi connectivity index (χ4n) is 3.00. The lowest BCUT2D eigenvalue weighted by molar-refractivity contribution is 0.255. The zero-order valence-electron chi connectivity index (χ0n) is 21.1. The number of guanidine groups is 2. The maximum atomic E-state index is 13.2. The van der Waals surface area contributed by atoms with Crippen molar-refractivity contribution in [2.45, 2.75) is 40.0 Å². The number of nitrogens with zero attached hydrogens (tertiary/aromatic N) is 2. The molecule has 2 aromatic carbocycles. The Hall–Kier alpha value is -3.67. The number of aryl methyl sites for hydroxylation is 3. The first-order valence-corrected chi connectivity index (χ1v) is 12.1. The van der Waals surface area contributed by atoms with Gasteiger partial charge in [-0.15, -0.1) is 0 Å². The van der Waals surface area contributed by atoms with Crippen molar-refractivity contribution in [1.82, 2.24) is 10.6 Å². The van der Waals surface area contributed by atoms with E-state index in [1.807, 2.05) is 0 Å². The van der Waals surface area contributed by atoms with Crippen molar-refractivity contribution in [3.05, 3.63) is 57.3 Å². The Morgan fingerprint density at radius 3 is 1.81 bits per heavy atom. The van der Waals surface area contributed by atoms with E-state index in [-0.39, 0.29) is 23.6 Å². The topological polar surface area (TPSA) is 159 Å². The number of hydrogen-bond acceptors (Lipinski definition) is 4. The first-order chi connectivity index (χ1) is 17.1. The minimum absolute atomic E-state index is 0.0482. The van der Waals surface area contributed by atoms with Gasteiger partial charge in [-0.2, -0.15) is 0 Å². The van der Waals surface area contributed by atoms with Crippen LogP contribution in [0.1, 0.15) is 37.5 Å². The molecule has 36 heavy (non-hydrogen) atoms. The fraction of sp³-hybridized carbons (Fsp3) is 0.333. The van der Waals surface area contributed by atoms with Gasteiger partial charge in [0, 0.05) is 24.3 Å². The number of nitrogens with one attached hydrogen (secondary N) is 4. The van der Waals surface area contributed by atoms with Crippen molar-refractivity contribution in [3.8, 4) is 0 Å². The van der Waals surface area contributed by atoms with Crippen molar-refractivity contribution in [2.24, 2.45) is 21.5 Å². The Kier molecular flexibility index (Phi) is 12.9. The van der Waals surface area contributed by atoms with Gasteiger partial charge in [-0.25, -0.2) is 14.0 Å². The average molecular weight is 565 g/mol. The normalized spacial score (nSPS) is 11.2. The molecule has 2 aromatic rings. The third kappa shape index (κ3) is 9.90. The molecule has 0 fully saturated rings. The first-order valence-electron chi connectivity index (χ1n) is 11.3. The van der Waals surface area contributed by atoms with E-state index >= 15 is 0 Å². The zero-order valence-corrected chi connectivity index (χ0v) is 22.7. The fourth-order valence-corrected chi connectivity index (χ4v) is 3.36. The van der Waals surface area contributed by atoms with Crippen LogP contribution >= 0.6 is 15.9 Å². The van der Waals surface area contributed by atoms with Gasteiger partial charge < -0.3 is 22.1 Å². The van der Waals surface area contributed by atoms with E-state index in [1.54, 1.807) is 0 Å². The van der Waals surface area contributed by atoms with Gasteiger partial charge in [-0.3, -0.25) is 20.6 Å². The Balaban J connectivity index is 0.000000369. The molecule has 0 aliphatic rings. The summed E-state index contributed by atoms with van der Waals surface area (Å²) in [5, 5.41) is 9.89. The number of nitrogens with two attached hydrogens (primary N) is 2. The van der Waals surface area contributed by atoms with Crippen LogP contribution in [0.4, 0.5) is 25.4 Å². The van der Waals surface area contributed by atoms with Crippen LogP contribution in [0.3, 0.4) is 0 Å². The number of rotatable bonds is 5. The van der Waals surface area contributed by atoms with Crippen LogP contribution in [0.5, 0.6) is 0 Å². The molecule has 0 unspecified atom stereocenters. The first kappa shape index (κ1) is 30.4. The van der Waals surface area contributed by atoms with Gasteiger partial charge in [0.25, 0.3) is 0 Å². The van der Waals surface area contributed by atoms with Crippen molar-refractivity contribution in [1.29, 1.82) is 0 Å². The number of urea groups is 2. The summed E-state index contributed by atoms with van der Waals surface area (Å²) in [7, 11) is 2.95. The highest BCUT2D eigenvalue weighted by Gasteiger charge is 2.12. The largest absolute Gasteiger partial charge is 0.370 e. The Morgan fingerprint density at radius 2 is 1.36 bits per heavy atom. The smallest absolute Gasteiger partial charge is 0.326 e. The number of benzene rings is 2. The molecule has 4 amide bonds. The van der Waals surface area contributed by atoms with Gasteiger partial charge in [0.05, 0.1) is 5.69 Å². The third-order valence-corrected chi connectivity index (χ3v) is 5.40. The van der Waals surface area contributed by atoms with Crippen molar-refractivity contribution in [2.75, 3.05) is 24.7 Å². The van der Waals surface area contributed by atoms with Gasteiger partial charge in [-0.05, 0) is 54.2 Å². The van der Waals surface area contributed by atoms with Gasteiger partial charge in [0.15, 0.2) is 11.9 Å². The van der Waals surface area contributed by atoms with E-state index < -0.39 is 11.8 Å². The number of carbonyl (C=O) groups excluding carboxylic acids is 2. The SMILES string of the molecule is CCc1cc(CC)c(NC(=O)NC(N)=NC)c(CC)c1.CN=C(N)NC(=O)Nc1cc(Br)ccc1F. The molecule has 0 aromatic heterocycles. The summed E-state index contributed by atoms with van der Waals surface area (Å²) in [4.78, 5) is 30.4. The van der Waals surface area contributed by atoms with Gasteiger partial charge in [0.1, 0.15) is 5.82 Å². The second kappa shape index (κ2) is 15.4. The van der Waals surface area contributed by atoms with E-state index in [4.69, 9.17) is 11.5 Å². The molecule has 12 heteroatoms. The van der Waals surface area contributed by atoms with Crippen LogP contribution in [0.2, 0.25) is 0 Å². The van der Waals surface area contributed by atoms with Crippen LogP contribution in [0.25, 0.3) is 0 Å². The lowest BCUT2D eigenvalue weighted by Gasteiger charge is -2.16. The summed E-state index contributed by atoms with van der Waals surface area (Å²) < 4.78 is 13.9. The number of amides is 4. The molecular formula is C24H34BrFN8O2. The monoisotopic (exact) mass is 564 g/mol. The average Bonchev–Trinajstić information content (AvgIpc) is 2.86. The van der Waals surface area contributed by atoms with Crippen LogP contribution in [-0.4, -0.2) is 38.1 Å². The molecular weight excluding hydrogens is 531 g/mol. The van der Waals surface area contributed by atoms with E-state index in [0.29, 0.717) is 4.47 Å². The second-order valence-electron chi connectivity index (χ2n) is 7.35. The second-order valence-corrected chi connectivity index (χ2v) is 8.27. The standard InChI is InChI=1S/C15H24N4O.C9H10BrFN4O/c1-5-10-8-11(6-2)13(12(7-3)9-10)18-15(20)19-14(16)17-4;1-13-8(12)15-9(16)14-7-4-5(10)2-3-6(7)11/h8-9H,5-7H2,1-4H3,(H4,16,17,18,19,20);2-4H,1H3,(H4,12,13,14,15,16). The predicted octanol–water partition coefficient (Wildman–Crippen LogP) is 4.09. The van der Waals surface area contributed by atoms with Gasteiger partial charge >= 0.3 is 12.1 Å². The van der Waals surface area contributed by atoms with Crippen LogP contribution in [0.15, 0.2) is 44.8 Å². The van der Waals surface area contributed by atoms with E-state index in [1.165, 1.54) is 37.9 Å². The molecule has 0 saturated heterocycles. The predicted molar refractivity (Wildman–Crippen MR) is 148 cm³/mol. The molecule has 196 valence electrons. The molecule has 0 radical (unpaired) electrons. The Bertz CT molecular complexity index is 1100. The van der Waals surface area contributed by atoms with Crippen LogP contribution in [0, 0.1) is 5.82 Å². The number of anilines is 2. The highest BCUT2D eigenvalue weighted by molar-refractivity contribution is 9.10. The Labute approximate surface area is 219 Å². The summed E-state index contributed by atoms with van der Waals surface area (Å²) in [5.74, 6) is -0.484. The maximum Gasteiger partial charge on any atom is 0.326 e. The molecule has 2 rings (SSSR count). The highest BCUT2D eigenvalue weighted by Crippen LogP contribution is 2.25. The summed E-state index contributed by atoms with van der Waals surface area (Å²) >= 11 is 3.16. The van der Waals surface area contributed by atoms with Crippen LogP contribution < -0.4 is 32.7 Å². The molecule has 0 aliphatic carbocycles. The van der Waals surface area contributed by atoms with E-state index in [9.17, 15) is 14.0 Å². The molecule has 10 nitrogen and oxygen atoms in total. The molecule has 0 bridgehead atoms. The summed E-state index contributed by atoms with van der Waals surface area (Å²) in [6, 6.07) is 7.48. The zero-order chi connectivity index (χ0) is 27.3. The summed E-state index contributed by atoms with van der Waals surface area (Å²) in [6.45, 7) is 6.30. The lowest BCUT2D eigenvalue weighted by Crippen LogP contribution is -2.39. The lowest BCUT2D eigenvalue weighted by atomic mass is 9.98. The quantitative estimate of drug-likeness (QED) is 0.238. The van der Waals surface area contributed by atoms with E-state index in [2.05, 4.69) is 80.1 Å². The van der Waals surface area contributed by atoms with Gasteiger partial charge in [-0.1, -0.05) is 48.8 Å². The van der Waals surface area contributed by atoms with Crippen molar-refractivity contribution < 1.29 is 14.0 Å². The minimum Gasteiger partial charge on any atom is -0.370 e. The van der Waals surface area contributed by atoms with Crippen molar-refractivity contribution in [3.63, 3.8) is 0 Å². The summed E-state index contributed by atoms with van der Waals surface area (Å²) in [5.41, 5.74) is 15.3. The highest BCUT2D eigenvalue weighted by atomic mass is 79.9. The molecule has 0 atom stereocenters. The molecule has 8 N–H and O–H groups in total. The molecule has 0 aliphatic heterocycles. The number of hydrogen-bond donors (Lipinski definition) is 6. The number of carbonyl (C=O) groups is 2. The maximum absolute atomic E-state index is 13.2. The minimum atomic E-state index is -0.653.